The van der Waals surface area contributed by atoms with E-state index >= 15 is 0 Å². The van der Waals surface area contributed by atoms with Gasteiger partial charge in [0.05, 0.1) is 12.7 Å². The SMILES string of the molecule is O=C(CCC1CCCC1)NCCn1cc(C(=O)O)nn1. The van der Waals surface area contributed by atoms with Crippen molar-refractivity contribution in [1.29, 1.82) is 0 Å². The van der Waals surface area contributed by atoms with Gasteiger partial charge in [0, 0.05) is 13.0 Å². The maximum Gasteiger partial charge on any atom is 0.358 e. The molecule has 110 valence electrons. The number of hydrogen-bond acceptors (Lipinski definition) is 4. The van der Waals surface area contributed by atoms with Crippen LogP contribution in [0.4, 0.5) is 0 Å². The Morgan fingerprint density at radius 2 is 2.15 bits per heavy atom. The average molecular weight is 280 g/mol. The number of aromatic nitrogens is 3. The van der Waals surface area contributed by atoms with E-state index in [0.29, 0.717) is 25.4 Å². The molecule has 1 aromatic heterocycles. The fraction of sp³-hybridized carbons (Fsp3) is 0.692. The Bertz CT molecular complexity index is 466. The minimum absolute atomic E-state index is 0.0514. The fourth-order valence-corrected chi connectivity index (χ4v) is 2.54. The summed E-state index contributed by atoms with van der Waals surface area (Å²) >= 11 is 0. The number of carboxylic acids is 1. The van der Waals surface area contributed by atoms with Gasteiger partial charge in [0.2, 0.25) is 5.91 Å². The van der Waals surface area contributed by atoms with E-state index in [1.54, 1.807) is 0 Å². The van der Waals surface area contributed by atoms with Gasteiger partial charge < -0.3 is 10.4 Å². The van der Waals surface area contributed by atoms with Gasteiger partial charge in [-0.25, -0.2) is 9.48 Å². The summed E-state index contributed by atoms with van der Waals surface area (Å²) in [6.45, 7) is 0.862. The van der Waals surface area contributed by atoms with Crippen LogP contribution in [0, 0.1) is 5.92 Å². The number of hydrogen-bond donors (Lipinski definition) is 2. The highest BCUT2D eigenvalue weighted by Crippen LogP contribution is 2.28. The quantitative estimate of drug-likeness (QED) is 0.778. The van der Waals surface area contributed by atoms with Crippen molar-refractivity contribution in [1.82, 2.24) is 20.3 Å². The van der Waals surface area contributed by atoms with Crippen molar-refractivity contribution >= 4 is 11.9 Å². The molecule has 7 nitrogen and oxygen atoms in total. The van der Waals surface area contributed by atoms with E-state index in [1.165, 1.54) is 36.6 Å². The summed E-state index contributed by atoms with van der Waals surface area (Å²) in [6.07, 6.45) is 8.00. The monoisotopic (exact) mass is 280 g/mol. The number of carbonyl (C=O) groups excluding carboxylic acids is 1. The minimum Gasteiger partial charge on any atom is -0.476 e. The number of aromatic carboxylic acids is 1. The molecule has 1 amide bonds. The van der Waals surface area contributed by atoms with Gasteiger partial charge in [-0.05, 0) is 12.3 Å². The van der Waals surface area contributed by atoms with Crippen LogP contribution in [0.5, 0.6) is 0 Å². The van der Waals surface area contributed by atoms with Gasteiger partial charge >= 0.3 is 5.97 Å². The largest absolute Gasteiger partial charge is 0.476 e. The van der Waals surface area contributed by atoms with Crippen LogP contribution < -0.4 is 5.32 Å². The molecule has 20 heavy (non-hydrogen) atoms. The molecular formula is C13H20N4O3. The van der Waals surface area contributed by atoms with Crippen molar-refractivity contribution in [2.24, 2.45) is 5.92 Å². The van der Waals surface area contributed by atoms with Crippen molar-refractivity contribution in [3.05, 3.63) is 11.9 Å². The smallest absolute Gasteiger partial charge is 0.358 e. The first-order chi connectivity index (χ1) is 9.65. The van der Waals surface area contributed by atoms with E-state index in [1.807, 2.05) is 0 Å². The maximum absolute atomic E-state index is 11.7. The minimum atomic E-state index is -1.10. The van der Waals surface area contributed by atoms with E-state index < -0.39 is 5.97 Å². The predicted molar refractivity (Wildman–Crippen MR) is 71.2 cm³/mol. The van der Waals surface area contributed by atoms with Crippen LogP contribution in [-0.2, 0) is 11.3 Å². The van der Waals surface area contributed by atoms with Gasteiger partial charge in [0.15, 0.2) is 5.69 Å². The standard InChI is InChI=1S/C13H20N4O3/c18-12(6-5-10-3-1-2-4-10)14-7-8-17-9-11(13(19)20)15-16-17/h9-10H,1-8H2,(H,14,18)(H,19,20). The van der Waals surface area contributed by atoms with Gasteiger partial charge in [-0.15, -0.1) is 5.10 Å². The van der Waals surface area contributed by atoms with E-state index in [4.69, 9.17) is 5.11 Å². The number of nitrogens with one attached hydrogen (secondary N) is 1. The first-order valence-corrected chi connectivity index (χ1v) is 7.05. The third kappa shape index (κ3) is 4.32. The van der Waals surface area contributed by atoms with E-state index in [-0.39, 0.29) is 11.6 Å². The van der Waals surface area contributed by atoms with Crippen molar-refractivity contribution in [2.45, 2.75) is 45.1 Å². The Labute approximate surface area is 117 Å². The van der Waals surface area contributed by atoms with Gasteiger partial charge in [0.1, 0.15) is 0 Å². The number of rotatable bonds is 7. The second-order valence-electron chi connectivity index (χ2n) is 5.21. The molecule has 0 unspecified atom stereocenters. The lowest BCUT2D eigenvalue weighted by molar-refractivity contribution is -0.121. The zero-order valence-corrected chi connectivity index (χ0v) is 11.4. The van der Waals surface area contributed by atoms with Crippen LogP contribution in [0.3, 0.4) is 0 Å². The van der Waals surface area contributed by atoms with Crippen molar-refractivity contribution in [2.75, 3.05) is 6.54 Å². The molecule has 1 fully saturated rings. The molecule has 1 heterocycles. The van der Waals surface area contributed by atoms with E-state index in [2.05, 4.69) is 15.6 Å². The Morgan fingerprint density at radius 1 is 1.40 bits per heavy atom. The molecule has 2 rings (SSSR count). The molecule has 0 saturated heterocycles. The Balaban J connectivity index is 1.61. The van der Waals surface area contributed by atoms with Crippen LogP contribution >= 0.6 is 0 Å². The molecule has 0 spiro atoms. The first kappa shape index (κ1) is 14.5. The summed E-state index contributed by atoms with van der Waals surface area (Å²) in [5, 5.41) is 18.7. The number of carbonyl (C=O) groups is 2. The summed E-state index contributed by atoms with van der Waals surface area (Å²) in [7, 11) is 0. The number of nitrogens with zero attached hydrogens (tertiary/aromatic N) is 3. The molecule has 0 aromatic carbocycles. The molecule has 1 saturated carbocycles. The molecular weight excluding hydrogens is 260 g/mol. The normalized spacial score (nSPS) is 15.4. The summed E-state index contributed by atoms with van der Waals surface area (Å²) in [4.78, 5) is 22.3. The summed E-state index contributed by atoms with van der Waals surface area (Å²) < 4.78 is 1.42. The molecule has 0 radical (unpaired) electrons. The third-order valence-electron chi connectivity index (χ3n) is 3.68. The lowest BCUT2D eigenvalue weighted by Crippen LogP contribution is -2.27. The highest BCUT2D eigenvalue weighted by molar-refractivity contribution is 5.84. The Morgan fingerprint density at radius 3 is 2.80 bits per heavy atom. The van der Waals surface area contributed by atoms with Gasteiger partial charge in [0.25, 0.3) is 0 Å². The molecule has 1 aliphatic carbocycles. The highest BCUT2D eigenvalue weighted by Gasteiger charge is 2.16. The number of amides is 1. The lowest BCUT2D eigenvalue weighted by Gasteiger charge is -2.08. The molecule has 1 aromatic rings. The number of carboxylic acid groups (broad SMARTS) is 1. The molecule has 7 heteroatoms. The summed E-state index contributed by atoms with van der Waals surface area (Å²) in [5.74, 6) is -0.332. The van der Waals surface area contributed by atoms with Crippen molar-refractivity contribution in [3.8, 4) is 0 Å². The Kier molecular flexibility index (Phi) is 5.09. The highest BCUT2D eigenvalue weighted by atomic mass is 16.4. The lowest BCUT2D eigenvalue weighted by atomic mass is 10.0. The zero-order chi connectivity index (χ0) is 14.4. The molecule has 0 atom stereocenters. The van der Waals surface area contributed by atoms with Crippen LogP contribution in [0.2, 0.25) is 0 Å². The predicted octanol–water partition coefficient (Wildman–Crippen LogP) is 1.06. The molecule has 0 bridgehead atoms. The van der Waals surface area contributed by atoms with Crippen LogP contribution in [0.1, 0.15) is 49.0 Å². The van der Waals surface area contributed by atoms with Gasteiger partial charge in [-0.3, -0.25) is 4.79 Å². The second kappa shape index (κ2) is 7.02. The first-order valence-electron chi connectivity index (χ1n) is 7.05. The average Bonchev–Trinajstić information content (AvgIpc) is 3.07. The van der Waals surface area contributed by atoms with E-state index in [9.17, 15) is 9.59 Å². The van der Waals surface area contributed by atoms with Gasteiger partial charge in [-0.2, -0.15) is 0 Å². The zero-order valence-electron chi connectivity index (χ0n) is 11.4. The maximum atomic E-state index is 11.7. The van der Waals surface area contributed by atoms with Crippen LogP contribution in [0.15, 0.2) is 6.20 Å². The molecule has 2 N–H and O–H groups in total. The van der Waals surface area contributed by atoms with Crippen LogP contribution in [-0.4, -0.2) is 38.5 Å². The molecule has 0 aliphatic heterocycles. The van der Waals surface area contributed by atoms with Gasteiger partial charge in [-0.1, -0.05) is 30.9 Å². The van der Waals surface area contributed by atoms with E-state index in [0.717, 1.165) is 6.42 Å². The second-order valence-corrected chi connectivity index (χ2v) is 5.21. The van der Waals surface area contributed by atoms with Crippen molar-refractivity contribution < 1.29 is 14.7 Å². The third-order valence-corrected chi connectivity index (χ3v) is 3.68. The Hall–Kier alpha value is -1.92. The summed E-state index contributed by atoms with van der Waals surface area (Å²) in [6, 6.07) is 0. The molecule has 1 aliphatic rings. The van der Waals surface area contributed by atoms with Crippen molar-refractivity contribution in [3.63, 3.8) is 0 Å². The fourth-order valence-electron chi connectivity index (χ4n) is 2.54. The summed E-state index contributed by atoms with van der Waals surface area (Å²) in [5.41, 5.74) is -0.0856. The van der Waals surface area contributed by atoms with Crippen LogP contribution in [0.25, 0.3) is 0 Å². The topological polar surface area (TPSA) is 97.1 Å².